The van der Waals surface area contributed by atoms with E-state index in [2.05, 4.69) is 23.6 Å². The maximum atomic E-state index is 13.7. The number of hydroxylamine groups is 1. The van der Waals surface area contributed by atoms with Gasteiger partial charge >= 0.3 is 0 Å². The van der Waals surface area contributed by atoms with Crippen LogP contribution in [0.5, 0.6) is 0 Å². The van der Waals surface area contributed by atoms with Gasteiger partial charge in [-0.05, 0) is 17.2 Å². The maximum Gasteiger partial charge on any atom is 0.159 e. The molecule has 0 radical (unpaired) electrons. The van der Waals surface area contributed by atoms with E-state index >= 15 is 0 Å². The van der Waals surface area contributed by atoms with Gasteiger partial charge in [0.1, 0.15) is 6.54 Å². The molecule has 0 bridgehead atoms. The van der Waals surface area contributed by atoms with Crippen LogP contribution >= 0.6 is 0 Å². The normalized spacial score (nSPS) is 19.2. The summed E-state index contributed by atoms with van der Waals surface area (Å²) in [6, 6.07) is 26.2. The summed E-state index contributed by atoms with van der Waals surface area (Å²) in [7, 11) is 0. The van der Waals surface area contributed by atoms with Crippen LogP contribution in [0.4, 0.5) is 5.69 Å². The summed E-state index contributed by atoms with van der Waals surface area (Å²) in [5.74, 6) is 0. The molecule has 0 aromatic heterocycles. The Kier molecular flexibility index (Phi) is 4.20. The van der Waals surface area contributed by atoms with E-state index in [1.807, 2.05) is 72.8 Å². The van der Waals surface area contributed by atoms with E-state index in [0.717, 1.165) is 27.9 Å². The summed E-state index contributed by atoms with van der Waals surface area (Å²) in [6.45, 7) is 0.884. The summed E-state index contributed by atoms with van der Waals surface area (Å²) in [4.78, 5) is 0. The molecule has 3 nitrogen and oxygen atoms in total. The predicted octanol–water partition coefficient (Wildman–Crippen LogP) is 4.89. The van der Waals surface area contributed by atoms with Crippen molar-refractivity contribution in [1.29, 1.82) is 0 Å². The molecule has 0 fully saturated rings. The number of para-hydroxylation sites is 1. The fourth-order valence-corrected chi connectivity index (χ4v) is 3.37. The largest absolute Gasteiger partial charge is 0.606 e. The third-order valence-electron chi connectivity index (χ3n) is 4.58. The van der Waals surface area contributed by atoms with Crippen LogP contribution in [0, 0.1) is 5.21 Å². The zero-order valence-corrected chi connectivity index (χ0v) is 13.9. The van der Waals surface area contributed by atoms with Gasteiger partial charge in [0.25, 0.3) is 0 Å². The van der Waals surface area contributed by atoms with Gasteiger partial charge < -0.3 is 5.21 Å². The first kappa shape index (κ1) is 15.8. The second-order valence-corrected chi connectivity index (χ2v) is 6.24. The van der Waals surface area contributed by atoms with Gasteiger partial charge in [-0.2, -0.15) is 5.43 Å². The van der Waals surface area contributed by atoms with Crippen LogP contribution in [0.3, 0.4) is 0 Å². The van der Waals surface area contributed by atoms with Gasteiger partial charge in [-0.15, -0.1) is 0 Å². The van der Waals surface area contributed by atoms with Crippen LogP contribution in [0.25, 0.3) is 17.2 Å². The molecule has 1 unspecified atom stereocenters. The second kappa shape index (κ2) is 6.65. The lowest BCUT2D eigenvalue weighted by molar-refractivity contribution is 0.276. The number of nitrogens with one attached hydrogen (secondary N) is 1. The lowest BCUT2D eigenvalue weighted by atomic mass is 9.99. The Morgan fingerprint density at radius 1 is 0.840 bits per heavy atom. The van der Waals surface area contributed by atoms with E-state index in [9.17, 15) is 5.21 Å². The quantitative estimate of drug-likeness (QED) is 0.549. The molecule has 0 amide bonds. The monoisotopic (exact) mass is 328 g/mol. The van der Waals surface area contributed by atoms with Crippen molar-refractivity contribution in [2.45, 2.75) is 6.54 Å². The zero-order valence-electron chi connectivity index (χ0n) is 13.9. The molecular formula is C22H20N2O. The van der Waals surface area contributed by atoms with Gasteiger partial charge in [-0.1, -0.05) is 78.9 Å². The minimum absolute atomic E-state index is 0.337. The molecule has 1 aliphatic rings. The number of quaternary nitrogens is 1. The molecule has 0 spiro atoms. The van der Waals surface area contributed by atoms with Crippen molar-refractivity contribution in [2.75, 3.05) is 6.54 Å². The summed E-state index contributed by atoms with van der Waals surface area (Å²) in [5.41, 5.74) is 8.13. The van der Waals surface area contributed by atoms with Crippen molar-refractivity contribution in [1.82, 2.24) is 10.2 Å². The topological polar surface area (TPSA) is 35.1 Å². The van der Waals surface area contributed by atoms with Crippen molar-refractivity contribution >= 4 is 11.8 Å². The molecule has 3 aromatic rings. The Hall–Kier alpha value is -2.72. The highest BCUT2D eigenvalue weighted by atomic mass is 16.6. The van der Waals surface area contributed by atoms with E-state index in [4.69, 9.17) is 0 Å². The molecule has 1 aliphatic heterocycles. The van der Waals surface area contributed by atoms with E-state index in [1.165, 1.54) is 0 Å². The van der Waals surface area contributed by atoms with Crippen molar-refractivity contribution in [2.24, 2.45) is 0 Å². The second-order valence-electron chi connectivity index (χ2n) is 6.24. The average Bonchev–Trinajstić information content (AvgIpc) is 2.82. The fraction of sp³-hybridized carbons (Fsp3) is 0.0909. The van der Waals surface area contributed by atoms with E-state index in [0.29, 0.717) is 13.1 Å². The first-order chi connectivity index (χ1) is 12.3. The van der Waals surface area contributed by atoms with Crippen LogP contribution in [-0.2, 0) is 6.54 Å². The molecular weight excluding hydrogens is 308 g/mol. The highest BCUT2D eigenvalue weighted by Gasteiger charge is 2.26. The first-order valence-corrected chi connectivity index (χ1v) is 8.50. The average molecular weight is 328 g/mol. The Bertz CT molecular complexity index is 905. The number of benzene rings is 3. The number of rotatable bonds is 3. The minimum atomic E-state index is -0.562. The number of nitrogens with zero attached hydrogens (tertiary/aromatic N) is 1. The van der Waals surface area contributed by atoms with E-state index in [-0.39, 0.29) is 0 Å². The van der Waals surface area contributed by atoms with Crippen LogP contribution in [0.15, 0.2) is 84.9 Å². The molecule has 0 aliphatic carbocycles. The number of hydrogen-bond donors (Lipinski definition) is 1. The molecule has 0 saturated carbocycles. The highest BCUT2D eigenvalue weighted by Crippen LogP contribution is 2.32. The molecule has 25 heavy (non-hydrogen) atoms. The van der Waals surface area contributed by atoms with Crippen LogP contribution < -0.4 is 10.2 Å². The van der Waals surface area contributed by atoms with Gasteiger partial charge in [-0.25, -0.2) is 4.76 Å². The Balaban J connectivity index is 1.77. The molecule has 1 N–H and O–H groups in total. The molecule has 0 saturated heterocycles. The number of hydrogen-bond acceptors (Lipinski definition) is 2. The summed E-state index contributed by atoms with van der Waals surface area (Å²) in [5, 5.41) is 13.7. The molecule has 1 heterocycles. The van der Waals surface area contributed by atoms with Gasteiger partial charge in [-0.3, -0.25) is 0 Å². The molecule has 1 atom stereocenters. The van der Waals surface area contributed by atoms with Crippen LogP contribution in [0.2, 0.25) is 0 Å². The van der Waals surface area contributed by atoms with Gasteiger partial charge in [0, 0.05) is 17.2 Å². The molecule has 3 aromatic carbocycles. The van der Waals surface area contributed by atoms with Crippen LogP contribution in [-0.4, -0.2) is 6.54 Å². The molecule has 3 heteroatoms. The van der Waals surface area contributed by atoms with Gasteiger partial charge in [0.15, 0.2) is 5.69 Å². The summed E-state index contributed by atoms with van der Waals surface area (Å²) in [6.07, 6.45) is 4.02. The SMILES string of the molecule is [O-][N+]1(Cc2ccccc2-c2ccccc2)NCC=Cc2ccccc21. The first-order valence-electron chi connectivity index (χ1n) is 8.50. The van der Waals surface area contributed by atoms with Gasteiger partial charge in [0.05, 0.1) is 6.54 Å². The fourth-order valence-electron chi connectivity index (χ4n) is 3.37. The van der Waals surface area contributed by atoms with Crippen LogP contribution in [0.1, 0.15) is 11.1 Å². The molecule has 4 rings (SSSR count). The highest BCUT2D eigenvalue weighted by molar-refractivity contribution is 5.70. The van der Waals surface area contributed by atoms with E-state index < -0.39 is 4.76 Å². The van der Waals surface area contributed by atoms with Gasteiger partial charge in [0.2, 0.25) is 0 Å². The lowest BCUT2D eigenvalue weighted by Crippen LogP contribution is -2.54. The number of fused-ring (bicyclic) bond motifs is 1. The Labute approximate surface area is 148 Å². The lowest BCUT2D eigenvalue weighted by Gasteiger charge is -2.41. The maximum absolute atomic E-state index is 13.7. The van der Waals surface area contributed by atoms with Crippen molar-refractivity contribution in [3.63, 3.8) is 0 Å². The van der Waals surface area contributed by atoms with Crippen molar-refractivity contribution in [3.8, 4) is 11.1 Å². The minimum Gasteiger partial charge on any atom is -0.606 e. The zero-order chi connectivity index (χ0) is 17.1. The third-order valence-corrected chi connectivity index (χ3v) is 4.58. The van der Waals surface area contributed by atoms with Crippen molar-refractivity contribution < 1.29 is 0 Å². The Morgan fingerprint density at radius 3 is 2.44 bits per heavy atom. The standard InChI is InChI=1S/C22H20N2O/c25-24(22-15-7-5-11-19(22)13-8-16-23-24)17-20-12-4-6-14-21(20)18-9-2-1-3-10-18/h1-15,23H,16-17H2. The molecule has 124 valence electrons. The van der Waals surface area contributed by atoms with E-state index in [1.54, 1.807) is 0 Å². The Morgan fingerprint density at radius 2 is 1.56 bits per heavy atom. The van der Waals surface area contributed by atoms with Crippen molar-refractivity contribution in [3.05, 3.63) is 101 Å². The third kappa shape index (κ3) is 3.13. The summed E-state index contributed by atoms with van der Waals surface area (Å²) >= 11 is 0. The summed E-state index contributed by atoms with van der Waals surface area (Å²) < 4.78 is -0.562. The smallest absolute Gasteiger partial charge is 0.159 e. The predicted molar refractivity (Wildman–Crippen MR) is 104 cm³/mol.